The molecule has 0 aliphatic carbocycles. The number of hydrogen-bond acceptors (Lipinski definition) is 4. The molecule has 0 unspecified atom stereocenters. The number of nitrogens with zero attached hydrogens (tertiary/aromatic N) is 1. The highest BCUT2D eigenvalue weighted by Crippen LogP contribution is 2.28. The highest BCUT2D eigenvalue weighted by atomic mass is 16.5. The first-order valence-electron chi connectivity index (χ1n) is 7.95. The van der Waals surface area contributed by atoms with Gasteiger partial charge in [-0.1, -0.05) is 60.7 Å². The highest BCUT2D eigenvalue weighted by molar-refractivity contribution is 5.83. The van der Waals surface area contributed by atoms with Gasteiger partial charge in [0.25, 0.3) is 0 Å². The van der Waals surface area contributed by atoms with Crippen LogP contribution in [0.1, 0.15) is 24.2 Å². The van der Waals surface area contributed by atoms with E-state index in [4.69, 9.17) is 9.47 Å². The zero-order valence-electron chi connectivity index (χ0n) is 13.5. The summed E-state index contributed by atoms with van der Waals surface area (Å²) in [5.74, 6) is 0.521. The molecular weight excluding hydrogens is 304 g/mol. The summed E-state index contributed by atoms with van der Waals surface area (Å²) in [5, 5.41) is 2.67. The standard InChI is InChI=1S/C19H20N2O3/c1-14-18(16-10-6-3-7-11-16)24-17(21-14)12-20-19(22)23-13-15-8-4-2-5-9-15/h2-11,14,18H,12-13H2,1H3,(H,20,22)/t14-,18-/m1/s1. The van der Waals surface area contributed by atoms with E-state index >= 15 is 0 Å². The van der Waals surface area contributed by atoms with Crippen molar-refractivity contribution in [1.82, 2.24) is 5.32 Å². The maximum Gasteiger partial charge on any atom is 0.407 e. The zero-order chi connectivity index (χ0) is 16.8. The third kappa shape index (κ3) is 4.13. The molecule has 3 rings (SSSR count). The van der Waals surface area contributed by atoms with Crippen LogP contribution in [0.4, 0.5) is 4.79 Å². The van der Waals surface area contributed by atoms with Gasteiger partial charge in [0.15, 0.2) is 0 Å². The Hall–Kier alpha value is -2.82. The lowest BCUT2D eigenvalue weighted by Crippen LogP contribution is -2.30. The second-order valence-electron chi connectivity index (χ2n) is 5.63. The smallest absolute Gasteiger partial charge is 0.407 e. The van der Waals surface area contributed by atoms with E-state index in [-0.39, 0.29) is 25.3 Å². The van der Waals surface area contributed by atoms with Gasteiger partial charge < -0.3 is 14.8 Å². The van der Waals surface area contributed by atoms with E-state index in [2.05, 4.69) is 10.3 Å². The number of ether oxygens (including phenoxy) is 2. The molecule has 5 heteroatoms. The number of nitrogens with one attached hydrogen (secondary N) is 1. The van der Waals surface area contributed by atoms with Crippen LogP contribution in [0, 0.1) is 0 Å². The molecule has 0 aromatic heterocycles. The van der Waals surface area contributed by atoms with Crippen molar-refractivity contribution in [3.8, 4) is 0 Å². The van der Waals surface area contributed by atoms with Crippen LogP contribution in [-0.4, -0.2) is 24.6 Å². The molecule has 0 spiro atoms. The Morgan fingerprint density at radius 2 is 1.79 bits per heavy atom. The number of aliphatic imine (C=N–C) groups is 1. The maximum absolute atomic E-state index is 11.8. The van der Waals surface area contributed by atoms with Crippen LogP contribution in [0.15, 0.2) is 65.7 Å². The monoisotopic (exact) mass is 324 g/mol. The molecule has 5 nitrogen and oxygen atoms in total. The van der Waals surface area contributed by atoms with Gasteiger partial charge in [0.1, 0.15) is 12.7 Å². The number of carbonyl (C=O) groups is 1. The summed E-state index contributed by atoms with van der Waals surface area (Å²) in [4.78, 5) is 16.2. The fraction of sp³-hybridized carbons (Fsp3) is 0.263. The predicted molar refractivity (Wildman–Crippen MR) is 91.8 cm³/mol. The lowest BCUT2D eigenvalue weighted by Gasteiger charge is -2.15. The second kappa shape index (κ2) is 7.64. The number of hydrogen-bond donors (Lipinski definition) is 1. The third-order valence-electron chi connectivity index (χ3n) is 3.77. The molecule has 1 amide bonds. The van der Waals surface area contributed by atoms with Gasteiger partial charge in [-0.2, -0.15) is 0 Å². The van der Waals surface area contributed by atoms with Crippen molar-refractivity contribution < 1.29 is 14.3 Å². The minimum Gasteiger partial charge on any atom is -0.469 e. The van der Waals surface area contributed by atoms with Crippen LogP contribution in [0.3, 0.4) is 0 Å². The normalized spacial score (nSPS) is 19.3. The number of benzene rings is 2. The predicted octanol–water partition coefficient (Wildman–Crippen LogP) is 3.47. The lowest BCUT2D eigenvalue weighted by atomic mass is 10.0. The highest BCUT2D eigenvalue weighted by Gasteiger charge is 2.28. The van der Waals surface area contributed by atoms with Crippen molar-refractivity contribution in [1.29, 1.82) is 0 Å². The number of carbonyl (C=O) groups excluding carboxylic acids is 1. The van der Waals surface area contributed by atoms with Gasteiger partial charge in [-0.25, -0.2) is 9.79 Å². The van der Waals surface area contributed by atoms with Gasteiger partial charge >= 0.3 is 6.09 Å². The molecule has 24 heavy (non-hydrogen) atoms. The molecule has 0 saturated carbocycles. The molecule has 124 valence electrons. The average Bonchev–Trinajstić information content (AvgIpc) is 3.00. The van der Waals surface area contributed by atoms with Crippen molar-refractivity contribution in [2.45, 2.75) is 25.7 Å². The first kappa shape index (κ1) is 16.1. The summed E-state index contributed by atoms with van der Waals surface area (Å²) in [6.45, 7) is 2.46. The fourth-order valence-corrected chi connectivity index (χ4v) is 2.57. The van der Waals surface area contributed by atoms with Crippen LogP contribution < -0.4 is 5.32 Å². The molecule has 1 aliphatic heterocycles. The summed E-state index contributed by atoms with van der Waals surface area (Å²) in [7, 11) is 0. The summed E-state index contributed by atoms with van der Waals surface area (Å²) in [5.41, 5.74) is 2.02. The van der Waals surface area contributed by atoms with E-state index in [1.54, 1.807) is 0 Å². The topological polar surface area (TPSA) is 59.9 Å². The molecule has 0 fully saturated rings. The summed E-state index contributed by atoms with van der Waals surface area (Å²) in [6, 6.07) is 19.5. The summed E-state index contributed by atoms with van der Waals surface area (Å²) < 4.78 is 11.0. The van der Waals surface area contributed by atoms with Gasteiger partial charge in [0, 0.05) is 0 Å². The first-order valence-corrected chi connectivity index (χ1v) is 7.95. The van der Waals surface area contributed by atoms with Gasteiger partial charge in [-0.3, -0.25) is 0 Å². The molecular formula is C19H20N2O3. The molecule has 1 aliphatic rings. The van der Waals surface area contributed by atoms with Crippen LogP contribution in [0.5, 0.6) is 0 Å². The minimum absolute atomic E-state index is 0.0181. The first-order chi connectivity index (χ1) is 11.7. The van der Waals surface area contributed by atoms with E-state index in [1.165, 1.54) is 0 Å². The second-order valence-corrected chi connectivity index (χ2v) is 5.63. The van der Waals surface area contributed by atoms with Crippen molar-refractivity contribution in [2.24, 2.45) is 4.99 Å². The molecule has 2 aromatic rings. The Bertz CT molecular complexity index is 701. The van der Waals surface area contributed by atoms with Gasteiger partial charge in [0.05, 0.1) is 12.6 Å². The van der Waals surface area contributed by atoms with Gasteiger partial charge in [-0.15, -0.1) is 0 Å². The van der Waals surface area contributed by atoms with Crippen LogP contribution >= 0.6 is 0 Å². The van der Waals surface area contributed by atoms with Crippen LogP contribution in [0.2, 0.25) is 0 Å². The number of alkyl carbamates (subject to hydrolysis) is 1. The number of amides is 1. The van der Waals surface area contributed by atoms with E-state index in [0.29, 0.717) is 5.90 Å². The molecule has 2 aromatic carbocycles. The SMILES string of the molecule is C[C@H]1N=C(CNC(=O)OCc2ccccc2)O[C@H]1c1ccccc1. The third-order valence-corrected chi connectivity index (χ3v) is 3.77. The maximum atomic E-state index is 11.8. The van der Waals surface area contributed by atoms with E-state index in [9.17, 15) is 4.79 Å². The minimum atomic E-state index is -0.485. The van der Waals surface area contributed by atoms with Crippen molar-refractivity contribution in [3.63, 3.8) is 0 Å². The average molecular weight is 324 g/mol. The summed E-state index contributed by atoms with van der Waals surface area (Å²) in [6.07, 6.45) is -0.593. The molecule has 0 bridgehead atoms. The zero-order valence-corrected chi connectivity index (χ0v) is 13.5. The Labute approximate surface area is 141 Å². The Morgan fingerprint density at radius 3 is 2.50 bits per heavy atom. The Balaban J connectivity index is 1.45. The quantitative estimate of drug-likeness (QED) is 0.916. The fourth-order valence-electron chi connectivity index (χ4n) is 2.57. The van der Waals surface area contributed by atoms with Crippen molar-refractivity contribution >= 4 is 12.0 Å². The molecule has 0 saturated heterocycles. The van der Waals surface area contributed by atoms with Crippen molar-refractivity contribution in [3.05, 3.63) is 71.8 Å². The van der Waals surface area contributed by atoms with Crippen LogP contribution in [-0.2, 0) is 16.1 Å². The lowest BCUT2D eigenvalue weighted by molar-refractivity contribution is 0.139. The van der Waals surface area contributed by atoms with Gasteiger partial charge in [-0.05, 0) is 18.1 Å². The largest absolute Gasteiger partial charge is 0.469 e. The summed E-state index contributed by atoms with van der Waals surface area (Å²) >= 11 is 0. The van der Waals surface area contributed by atoms with Gasteiger partial charge in [0.2, 0.25) is 5.90 Å². The Kier molecular flexibility index (Phi) is 5.11. The molecule has 0 radical (unpaired) electrons. The van der Waals surface area contributed by atoms with E-state index in [0.717, 1.165) is 11.1 Å². The molecule has 2 atom stereocenters. The van der Waals surface area contributed by atoms with Crippen LogP contribution in [0.25, 0.3) is 0 Å². The van der Waals surface area contributed by atoms with Crippen molar-refractivity contribution in [2.75, 3.05) is 6.54 Å². The van der Waals surface area contributed by atoms with E-state index in [1.807, 2.05) is 67.6 Å². The molecule has 1 N–H and O–H groups in total. The van der Waals surface area contributed by atoms with E-state index < -0.39 is 6.09 Å². The molecule has 1 heterocycles. The number of rotatable bonds is 5. The Morgan fingerprint density at radius 1 is 1.12 bits per heavy atom.